The lowest BCUT2D eigenvalue weighted by atomic mass is 10.1. The standard InChI is InChI=1S/C14H14N6O/c1-9-7-11(20-14(18-9)16-8-17-20)19-12(13(15)21)10-5-3-2-4-6-10/h2-8,12,19H,1H3,(H2,15,21). The highest BCUT2D eigenvalue weighted by Gasteiger charge is 2.19. The first-order valence-electron chi connectivity index (χ1n) is 6.43. The van der Waals surface area contributed by atoms with E-state index in [1.54, 1.807) is 6.07 Å². The van der Waals surface area contributed by atoms with E-state index in [4.69, 9.17) is 5.73 Å². The highest BCUT2D eigenvalue weighted by Crippen LogP contribution is 2.20. The number of aromatic nitrogens is 4. The van der Waals surface area contributed by atoms with Crippen LogP contribution in [0.5, 0.6) is 0 Å². The molecule has 106 valence electrons. The van der Waals surface area contributed by atoms with Gasteiger partial charge in [0.15, 0.2) is 0 Å². The number of aryl methyl sites for hydroxylation is 1. The number of benzene rings is 1. The molecule has 0 saturated carbocycles. The summed E-state index contributed by atoms with van der Waals surface area (Å²) in [7, 11) is 0. The topological polar surface area (TPSA) is 98.2 Å². The van der Waals surface area contributed by atoms with Crippen molar-refractivity contribution in [3.63, 3.8) is 0 Å². The van der Waals surface area contributed by atoms with E-state index in [0.29, 0.717) is 11.6 Å². The summed E-state index contributed by atoms with van der Waals surface area (Å²) in [5.74, 6) is 0.611. The number of anilines is 1. The highest BCUT2D eigenvalue weighted by molar-refractivity contribution is 5.84. The second kappa shape index (κ2) is 5.20. The number of nitrogens with two attached hydrogens (primary N) is 1. The van der Waals surface area contributed by atoms with Crippen LogP contribution in [0.3, 0.4) is 0 Å². The molecule has 0 radical (unpaired) electrons. The van der Waals surface area contributed by atoms with Crippen molar-refractivity contribution < 1.29 is 4.79 Å². The van der Waals surface area contributed by atoms with Crippen LogP contribution in [-0.4, -0.2) is 25.5 Å². The molecule has 7 heteroatoms. The Bertz CT molecular complexity index is 783. The van der Waals surface area contributed by atoms with Gasteiger partial charge in [-0.05, 0) is 12.5 Å². The number of fused-ring (bicyclic) bond motifs is 1. The Balaban J connectivity index is 2.02. The second-order valence-electron chi connectivity index (χ2n) is 4.65. The molecule has 0 bridgehead atoms. The summed E-state index contributed by atoms with van der Waals surface area (Å²) in [5, 5.41) is 7.20. The third-order valence-corrected chi connectivity index (χ3v) is 3.09. The van der Waals surface area contributed by atoms with Crippen LogP contribution in [0.15, 0.2) is 42.7 Å². The van der Waals surface area contributed by atoms with Crippen LogP contribution in [0.25, 0.3) is 5.78 Å². The van der Waals surface area contributed by atoms with E-state index in [1.165, 1.54) is 10.8 Å². The minimum atomic E-state index is -0.652. The van der Waals surface area contributed by atoms with Gasteiger partial charge >= 0.3 is 0 Å². The largest absolute Gasteiger partial charge is 0.368 e. The Kier molecular flexibility index (Phi) is 3.23. The molecule has 3 aromatic rings. The maximum atomic E-state index is 11.8. The Morgan fingerprint density at radius 3 is 2.81 bits per heavy atom. The van der Waals surface area contributed by atoms with Crippen molar-refractivity contribution >= 4 is 17.5 Å². The molecular weight excluding hydrogens is 268 g/mol. The third-order valence-electron chi connectivity index (χ3n) is 3.09. The number of carbonyl (C=O) groups excluding carboxylic acids is 1. The molecule has 0 aliphatic rings. The van der Waals surface area contributed by atoms with Gasteiger partial charge in [0, 0.05) is 11.8 Å². The molecule has 0 spiro atoms. The molecule has 2 aromatic heterocycles. The summed E-state index contributed by atoms with van der Waals surface area (Å²) in [4.78, 5) is 20.1. The molecule has 0 aliphatic heterocycles. The van der Waals surface area contributed by atoms with Crippen LogP contribution in [0.2, 0.25) is 0 Å². The zero-order chi connectivity index (χ0) is 14.8. The first-order chi connectivity index (χ1) is 10.1. The number of nitrogens with zero attached hydrogens (tertiary/aromatic N) is 4. The average molecular weight is 282 g/mol. The van der Waals surface area contributed by atoms with Gasteiger partial charge in [-0.2, -0.15) is 14.6 Å². The van der Waals surface area contributed by atoms with Crippen molar-refractivity contribution in [1.29, 1.82) is 0 Å². The van der Waals surface area contributed by atoms with E-state index in [0.717, 1.165) is 11.3 Å². The molecule has 3 rings (SSSR count). The van der Waals surface area contributed by atoms with Crippen molar-refractivity contribution in [2.24, 2.45) is 5.73 Å². The highest BCUT2D eigenvalue weighted by atomic mass is 16.1. The Hall–Kier alpha value is -2.96. The van der Waals surface area contributed by atoms with E-state index < -0.39 is 11.9 Å². The predicted octanol–water partition coefficient (Wildman–Crippen LogP) is 1.07. The van der Waals surface area contributed by atoms with Crippen LogP contribution in [-0.2, 0) is 4.79 Å². The predicted molar refractivity (Wildman–Crippen MR) is 77.5 cm³/mol. The first-order valence-corrected chi connectivity index (χ1v) is 6.43. The van der Waals surface area contributed by atoms with Crippen molar-refractivity contribution in [2.75, 3.05) is 5.32 Å². The van der Waals surface area contributed by atoms with E-state index in [2.05, 4.69) is 20.4 Å². The van der Waals surface area contributed by atoms with Gasteiger partial charge in [0.05, 0.1) is 0 Å². The SMILES string of the molecule is Cc1cc(NC(C(N)=O)c2ccccc2)n2ncnc2n1. The van der Waals surface area contributed by atoms with Crippen LogP contribution in [0.4, 0.5) is 5.82 Å². The third kappa shape index (κ3) is 2.53. The fourth-order valence-corrected chi connectivity index (χ4v) is 2.15. The zero-order valence-electron chi connectivity index (χ0n) is 11.4. The number of primary amides is 1. The Morgan fingerprint density at radius 2 is 2.10 bits per heavy atom. The van der Waals surface area contributed by atoms with E-state index >= 15 is 0 Å². The van der Waals surface area contributed by atoms with Gasteiger partial charge in [0.25, 0.3) is 5.78 Å². The first kappa shape index (κ1) is 13.0. The normalized spacial score (nSPS) is 12.2. The molecule has 1 atom stereocenters. The summed E-state index contributed by atoms with van der Waals surface area (Å²) in [6.07, 6.45) is 1.41. The smallest absolute Gasteiger partial charge is 0.254 e. The number of hydrogen-bond donors (Lipinski definition) is 2. The van der Waals surface area contributed by atoms with Crippen molar-refractivity contribution in [2.45, 2.75) is 13.0 Å². The minimum absolute atomic E-state index is 0.466. The second-order valence-corrected chi connectivity index (χ2v) is 4.65. The number of nitrogens with one attached hydrogen (secondary N) is 1. The quantitative estimate of drug-likeness (QED) is 0.746. The monoisotopic (exact) mass is 282 g/mol. The number of amides is 1. The van der Waals surface area contributed by atoms with Crippen LogP contribution < -0.4 is 11.1 Å². The molecule has 21 heavy (non-hydrogen) atoms. The zero-order valence-corrected chi connectivity index (χ0v) is 11.4. The van der Waals surface area contributed by atoms with E-state index in [1.807, 2.05) is 37.3 Å². The molecule has 7 nitrogen and oxygen atoms in total. The van der Waals surface area contributed by atoms with Gasteiger partial charge in [-0.15, -0.1) is 0 Å². The molecule has 1 aromatic carbocycles. The Labute approximate surface area is 120 Å². The lowest BCUT2D eigenvalue weighted by molar-refractivity contribution is -0.118. The molecule has 1 unspecified atom stereocenters. The average Bonchev–Trinajstić information content (AvgIpc) is 2.93. The van der Waals surface area contributed by atoms with Crippen molar-refractivity contribution in [3.8, 4) is 0 Å². The fraction of sp³-hybridized carbons (Fsp3) is 0.143. The molecule has 2 heterocycles. The summed E-state index contributed by atoms with van der Waals surface area (Å²) in [6, 6.07) is 10.4. The van der Waals surface area contributed by atoms with Gasteiger partial charge in [-0.25, -0.2) is 4.98 Å². The number of hydrogen-bond acceptors (Lipinski definition) is 5. The lowest BCUT2D eigenvalue weighted by Gasteiger charge is -2.17. The van der Waals surface area contributed by atoms with Crippen LogP contribution >= 0.6 is 0 Å². The molecule has 0 aliphatic carbocycles. The molecule has 0 fully saturated rings. The minimum Gasteiger partial charge on any atom is -0.368 e. The molecule has 1 amide bonds. The van der Waals surface area contributed by atoms with Gasteiger partial charge in [0.2, 0.25) is 5.91 Å². The van der Waals surface area contributed by atoms with Crippen LogP contribution in [0.1, 0.15) is 17.3 Å². The van der Waals surface area contributed by atoms with E-state index in [-0.39, 0.29) is 0 Å². The molecule has 3 N–H and O–H groups in total. The lowest BCUT2D eigenvalue weighted by Crippen LogP contribution is -2.28. The maximum Gasteiger partial charge on any atom is 0.254 e. The summed E-state index contributed by atoms with van der Waals surface area (Å²) < 4.78 is 1.53. The van der Waals surface area contributed by atoms with Crippen molar-refractivity contribution in [1.82, 2.24) is 19.6 Å². The number of rotatable bonds is 4. The number of carbonyl (C=O) groups is 1. The van der Waals surface area contributed by atoms with Crippen molar-refractivity contribution in [3.05, 3.63) is 54.0 Å². The van der Waals surface area contributed by atoms with Crippen LogP contribution in [0, 0.1) is 6.92 Å². The van der Waals surface area contributed by atoms with Gasteiger partial charge < -0.3 is 11.1 Å². The summed E-state index contributed by atoms with van der Waals surface area (Å²) in [6.45, 7) is 1.85. The van der Waals surface area contributed by atoms with E-state index in [9.17, 15) is 4.79 Å². The fourth-order valence-electron chi connectivity index (χ4n) is 2.15. The van der Waals surface area contributed by atoms with Gasteiger partial charge in [-0.1, -0.05) is 30.3 Å². The Morgan fingerprint density at radius 1 is 1.33 bits per heavy atom. The summed E-state index contributed by atoms with van der Waals surface area (Å²) >= 11 is 0. The van der Waals surface area contributed by atoms with Gasteiger partial charge in [0.1, 0.15) is 18.2 Å². The molecular formula is C14H14N6O. The maximum absolute atomic E-state index is 11.8. The van der Waals surface area contributed by atoms with Gasteiger partial charge in [-0.3, -0.25) is 4.79 Å². The molecule has 0 saturated heterocycles. The summed E-state index contributed by atoms with van der Waals surface area (Å²) in [5.41, 5.74) is 7.07.